The predicted molar refractivity (Wildman–Crippen MR) is 145 cm³/mol. The topological polar surface area (TPSA) is 71.9 Å². The molecule has 6 nitrogen and oxygen atoms in total. The van der Waals surface area contributed by atoms with Crippen LogP contribution in [0.15, 0.2) is 84.0 Å². The van der Waals surface area contributed by atoms with Gasteiger partial charge in [-0.15, -0.1) is 0 Å². The van der Waals surface area contributed by atoms with Gasteiger partial charge in [0.15, 0.2) is 5.11 Å². The molecule has 0 amide bonds. The van der Waals surface area contributed by atoms with Crippen molar-refractivity contribution in [1.29, 1.82) is 0 Å². The van der Waals surface area contributed by atoms with Gasteiger partial charge < -0.3 is 14.8 Å². The molecule has 0 bridgehead atoms. The third-order valence-corrected chi connectivity index (χ3v) is 5.73. The number of hydrazone groups is 1. The van der Waals surface area contributed by atoms with Crippen LogP contribution in [-0.2, 0) is 0 Å². The summed E-state index contributed by atoms with van der Waals surface area (Å²) < 4.78 is 10.8. The molecule has 176 valence electrons. The Labute approximate surface area is 217 Å². The summed E-state index contributed by atoms with van der Waals surface area (Å²) in [4.78, 5) is 12.8. The Bertz CT molecular complexity index is 1430. The monoisotopic (exact) mass is 523 g/mol. The maximum atomic E-state index is 12.8. The zero-order valence-corrected chi connectivity index (χ0v) is 20.7. The van der Waals surface area contributed by atoms with E-state index in [1.54, 1.807) is 25.5 Å². The van der Waals surface area contributed by atoms with E-state index in [2.05, 4.69) is 15.8 Å². The molecule has 0 fully saturated rings. The number of methoxy groups -OCH3 is 1. The van der Waals surface area contributed by atoms with E-state index in [1.165, 1.54) is 12.1 Å². The summed E-state index contributed by atoms with van der Waals surface area (Å²) in [6.07, 6.45) is 1.55. The summed E-state index contributed by atoms with van der Waals surface area (Å²) in [6, 6.07) is 23.1. The molecular weight excluding hydrogens is 505 g/mol. The van der Waals surface area contributed by atoms with E-state index in [0.717, 1.165) is 22.2 Å². The van der Waals surface area contributed by atoms with E-state index in [9.17, 15) is 4.79 Å². The Balaban J connectivity index is 1.55. The first-order valence-electron chi connectivity index (χ1n) is 10.4. The van der Waals surface area contributed by atoms with Gasteiger partial charge in [0.25, 0.3) is 0 Å². The summed E-state index contributed by atoms with van der Waals surface area (Å²) >= 11 is 17.4. The summed E-state index contributed by atoms with van der Waals surface area (Å²) in [5, 5.41) is 10.0. The van der Waals surface area contributed by atoms with Gasteiger partial charge in [-0.1, -0.05) is 53.5 Å². The van der Waals surface area contributed by atoms with Crippen LogP contribution in [-0.4, -0.2) is 24.4 Å². The van der Waals surface area contributed by atoms with Gasteiger partial charge in [-0.25, -0.2) is 4.79 Å². The Morgan fingerprint density at radius 2 is 1.77 bits per heavy atom. The Morgan fingerprint density at radius 1 is 1.00 bits per heavy atom. The molecular formula is C26H19Cl2N3O3S. The Kier molecular flexibility index (Phi) is 7.82. The lowest BCUT2D eigenvalue weighted by Crippen LogP contribution is -2.23. The zero-order valence-electron chi connectivity index (χ0n) is 18.4. The van der Waals surface area contributed by atoms with Crippen molar-refractivity contribution in [3.05, 3.63) is 100 Å². The number of thiocarbonyl (C=S) groups is 1. The molecule has 4 rings (SSSR count). The first-order chi connectivity index (χ1) is 16.9. The molecule has 0 atom stereocenters. The van der Waals surface area contributed by atoms with Crippen LogP contribution in [0.4, 0.5) is 5.69 Å². The van der Waals surface area contributed by atoms with Crippen LogP contribution in [0.25, 0.3) is 10.8 Å². The number of hydrogen-bond donors (Lipinski definition) is 2. The third-order valence-electron chi connectivity index (χ3n) is 4.99. The number of carbonyl (C=O) groups excluding carboxylic acids is 1. The number of hydrogen-bond acceptors (Lipinski definition) is 5. The minimum atomic E-state index is -0.610. The molecule has 0 unspecified atom stereocenters. The quantitative estimate of drug-likeness (QED) is 0.0963. The minimum absolute atomic E-state index is 0.204. The summed E-state index contributed by atoms with van der Waals surface area (Å²) in [5.74, 6) is 0.450. The third kappa shape index (κ3) is 6.08. The standard InChI is InChI=1S/C26H19Cl2N3O3S/c1-33-19-10-8-18(9-11-19)30-26(35)31-29-15-22-20-5-3-2-4-16(20)6-13-24(22)34-25(32)21-12-7-17(27)14-23(21)28/h2-15H,1H3,(H2,30,31,35). The number of rotatable bonds is 6. The highest BCUT2D eigenvalue weighted by Crippen LogP contribution is 2.29. The fourth-order valence-electron chi connectivity index (χ4n) is 3.30. The summed E-state index contributed by atoms with van der Waals surface area (Å²) in [7, 11) is 1.60. The van der Waals surface area contributed by atoms with Gasteiger partial charge >= 0.3 is 5.97 Å². The first-order valence-corrected chi connectivity index (χ1v) is 11.5. The second kappa shape index (κ2) is 11.2. The Morgan fingerprint density at radius 3 is 2.51 bits per heavy atom. The van der Waals surface area contributed by atoms with E-state index >= 15 is 0 Å². The molecule has 9 heteroatoms. The molecule has 0 aliphatic carbocycles. The first kappa shape index (κ1) is 24.5. The van der Waals surface area contributed by atoms with Crippen molar-refractivity contribution in [2.75, 3.05) is 12.4 Å². The predicted octanol–water partition coefficient (Wildman–Crippen LogP) is 6.69. The van der Waals surface area contributed by atoms with Crippen molar-refractivity contribution in [1.82, 2.24) is 5.43 Å². The second-order valence-electron chi connectivity index (χ2n) is 7.26. The van der Waals surface area contributed by atoms with Crippen LogP contribution < -0.4 is 20.2 Å². The van der Waals surface area contributed by atoms with E-state index in [4.69, 9.17) is 44.9 Å². The van der Waals surface area contributed by atoms with Gasteiger partial charge in [-0.3, -0.25) is 5.43 Å². The highest BCUT2D eigenvalue weighted by Gasteiger charge is 2.16. The molecule has 0 radical (unpaired) electrons. The van der Waals surface area contributed by atoms with Gasteiger partial charge in [0.1, 0.15) is 11.5 Å². The lowest BCUT2D eigenvalue weighted by atomic mass is 10.0. The summed E-state index contributed by atoms with van der Waals surface area (Å²) in [5.41, 5.74) is 4.36. The van der Waals surface area contributed by atoms with Crippen LogP contribution in [0.5, 0.6) is 11.5 Å². The van der Waals surface area contributed by atoms with Crippen LogP contribution >= 0.6 is 35.4 Å². The number of carbonyl (C=O) groups is 1. The molecule has 0 saturated heterocycles. The van der Waals surface area contributed by atoms with E-state index in [0.29, 0.717) is 16.3 Å². The highest BCUT2D eigenvalue weighted by molar-refractivity contribution is 7.80. The Hall–Kier alpha value is -3.65. The fourth-order valence-corrected chi connectivity index (χ4v) is 3.95. The van der Waals surface area contributed by atoms with Crippen molar-refractivity contribution < 1.29 is 14.3 Å². The van der Waals surface area contributed by atoms with Crippen molar-refractivity contribution >= 4 is 69.2 Å². The molecule has 0 saturated carbocycles. The number of esters is 1. The average Bonchev–Trinajstić information content (AvgIpc) is 2.85. The van der Waals surface area contributed by atoms with Gasteiger partial charge in [-0.2, -0.15) is 5.10 Å². The minimum Gasteiger partial charge on any atom is -0.497 e. The number of nitrogens with zero attached hydrogens (tertiary/aromatic N) is 1. The highest BCUT2D eigenvalue weighted by atomic mass is 35.5. The lowest BCUT2D eigenvalue weighted by Gasteiger charge is -2.12. The average molecular weight is 524 g/mol. The van der Waals surface area contributed by atoms with Gasteiger partial charge in [0.05, 0.1) is 23.9 Å². The second-order valence-corrected chi connectivity index (χ2v) is 8.52. The molecule has 0 spiro atoms. The normalized spacial score (nSPS) is 10.8. The largest absolute Gasteiger partial charge is 0.497 e. The number of ether oxygens (including phenoxy) is 2. The number of anilines is 1. The summed E-state index contributed by atoms with van der Waals surface area (Å²) in [6.45, 7) is 0. The van der Waals surface area contributed by atoms with Crippen LogP contribution in [0.3, 0.4) is 0 Å². The van der Waals surface area contributed by atoms with Gasteiger partial charge in [0.2, 0.25) is 0 Å². The molecule has 0 heterocycles. The molecule has 4 aromatic rings. The number of nitrogens with one attached hydrogen (secondary N) is 2. The zero-order chi connectivity index (χ0) is 24.8. The molecule has 0 aliphatic heterocycles. The van der Waals surface area contributed by atoms with Crippen molar-refractivity contribution in [2.45, 2.75) is 0 Å². The van der Waals surface area contributed by atoms with Crippen LogP contribution in [0, 0.1) is 0 Å². The van der Waals surface area contributed by atoms with Gasteiger partial charge in [-0.05, 0) is 71.5 Å². The van der Waals surface area contributed by atoms with Crippen molar-refractivity contribution in [3.8, 4) is 11.5 Å². The number of fused-ring (bicyclic) bond motifs is 1. The maximum absolute atomic E-state index is 12.8. The van der Waals surface area contributed by atoms with Gasteiger partial charge in [0, 0.05) is 16.3 Å². The van der Waals surface area contributed by atoms with Crippen LogP contribution in [0.1, 0.15) is 15.9 Å². The smallest absolute Gasteiger partial charge is 0.345 e. The lowest BCUT2D eigenvalue weighted by molar-refractivity contribution is 0.0735. The molecule has 4 aromatic carbocycles. The van der Waals surface area contributed by atoms with Crippen molar-refractivity contribution in [2.24, 2.45) is 5.10 Å². The van der Waals surface area contributed by atoms with Crippen LogP contribution in [0.2, 0.25) is 10.0 Å². The van der Waals surface area contributed by atoms with Crippen molar-refractivity contribution in [3.63, 3.8) is 0 Å². The molecule has 0 aromatic heterocycles. The SMILES string of the molecule is COc1ccc(NC(=S)NN=Cc2c(OC(=O)c3ccc(Cl)cc3Cl)ccc3ccccc23)cc1. The molecule has 35 heavy (non-hydrogen) atoms. The van der Waals surface area contributed by atoms with E-state index in [1.807, 2.05) is 54.6 Å². The van der Waals surface area contributed by atoms with E-state index in [-0.39, 0.29) is 15.7 Å². The number of halogens is 2. The van der Waals surface area contributed by atoms with E-state index < -0.39 is 5.97 Å². The molecule has 0 aliphatic rings. The molecule has 2 N–H and O–H groups in total. The maximum Gasteiger partial charge on any atom is 0.345 e. The number of benzene rings is 4. The fraction of sp³-hybridized carbons (Fsp3) is 0.0385.